The fourth-order valence-electron chi connectivity index (χ4n) is 3.74. The highest BCUT2D eigenvalue weighted by Crippen LogP contribution is 2.50. The minimum absolute atomic E-state index is 0.185. The molecule has 1 atom stereocenters. The maximum Gasteiger partial charge on any atom is 0.231 e. The normalized spacial score (nSPS) is 17.7. The second kappa shape index (κ2) is 7.76. The molecule has 0 amide bonds. The summed E-state index contributed by atoms with van der Waals surface area (Å²) in [5.74, 6) is 3.24. The number of benzene rings is 2. The van der Waals surface area contributed by atoms with Crippen molar-refractivity contribution in [2.75, 3.05) is 25.3 Å². The molecule has 0 spiro atoms. The van der Waals surface area contributed by atoms with Crippen molar-refractivity contribution in [1.29, 1.82) is 0 Å². The summed E-state index contributed by atoms with van der Waals surface area (Å²) in [5.41, 5.74) is 2.24. The quantitative estimate of drug-likeness (QED) is 0.513. The van der Waals surface area contributed by atoms with Crippen LogP contribution in [-0.2, 0) is 6.54 Å². The largest absolute Gasteiger partial charge is 0.497 e. The minimum atomic E-state index is 0.185. The maximum absolute atomic E-state index is 6.63. The van der Waals surface area contributed by atoms with Crippen molar-refractivity contribution >= 4 is 29.1 Å². The number of hydrogen-bond donors (Lipinski definition) is 0. The molecule has 2 aliphatic rings. The highest BCUT2D eigenvalue weighted by molar-refractivity contribution is 7.99. The lowest BCUT2D eigenvalue weighted by molar-refractivity contribution is 0.174. The second-order valence-corrected chi connectivity index (χ2v) is 8.61. The first-order valence-electron chi connectivity index (χ1n) is 9.42. The lowest BCUT2D eigenvalue weighted by Crippen LogP contribution is -2.23. The lowest BCUT2D eigenvalue weighted by atomic mass is 10.1. The van der Waals surface area contributed by atoms with Crippen LogP contribution in [0.1, 0.15) is 23.0 Å². The van der Waals surface area contributed by atoms with Crippen molar-refractivity contribution in [1.82, 2.24) is 0 Å². The average molecular weight is 430 g/mol. The van der Waals surface area contributed by atoms with Crippen molar-refractivity contribution < 1.29 is 18.6 Å². The van der Waals surface area contributed by atoms with E-state index in [1.807, 2.05) is 30.3 Å². The molecule has 2 aliphatic heterocycles. The van der Waals surface area contributed by atoms with E-state index in [-0.39, 0.29) is 12.0 Å². The Balaban J connectivity index is 1.51. The van der Waals surface area contributed by atoms with Crippen molar-refractivity contribution in [3.8, 4) is 17.2 Å². The summed E-state index contributed by atoms with van der Waals surface area (Å²) >= 11 is 8.43. The first-order valence-corrected chi connectivity index (χ1v) is 10.7. The predicted octanol–water partition coefficient (Wildman–Crippen LogP) is 5.91. The van der Waals surface area contributed by atoms with Crippen LogP contribution in [-0.4, -0.2) is 20.4 Å². The van der Waals surface area contributed by atoms with Crippen molar-refractivity contribution in [2.45, 2.75) is 23.1 Å². The molecule has 0 saturated carbocycles. The number of methoxy groups -OCH3 is 1. The van der Waals surface area contributed by atoms with E-state index in [9.17, 15) is 0 Å². The van der Waals surface area contributed by atoms with Gasteiger partial charge in [-0.1, -0.05) is 11.6 Å². The van der Waals surface area contributed by atoms with Gasteiger partial charge in [0.05, 0.1) is 25.6 Å². The van der Waals surface area contributed by atoms with Crippen LogP contribution >= 0.6 is 23.4 Å². The number of anilines is 1. The monoisotopic (exact) mass is 429 g/mol. The van der Waals surface area contributed by atoms with E-state index < -0.39 is 0 Å². The Morgan fingerprint density at radius 1 is 1.17 bits per heavy atom. The number of nitrogens with zero attached hydrogens (tertiary/aromatic N) is 1. The Hall–Kier alpha value is -2.44. The van der Waals surface area contributed by atoms with Crippen LogP contribution in [0, 0.1) is 0 Å². The fourth-order valence-corrected chi connectivity index (χ4v) is 5.44. The molecule has 3 aromatic rings. The molecule has 0 bridgehead atoms. The number of fused-ring (bicyclic) bond motifs is 2. The third-order valence-electron chi connectivity index (χ3n) is 5.20. The van der Waals surface area contributed by atoms with Crippen molar-refractivity contribution in [3.05, 3.63) is 65.1 Å². The highest BCUT2D eigenvalue weighted by Gasteiger charge is 2.28. The Morgan fingerprint density at radius 2 is 2.03 bits per heavy atom. The van der Waals surface area contributed by atoms with Gasteiger partial charge in [-0.15, -0.1) is 11.8 Å². The summed E-state index contributed by atoms with van der Waals surface area (Å²) in [6.07, 6.45) is 2.65. The third kappa shape index (κ3) is 3.63. The molecule has 1 aromatic heterocycles. The van der Waals surface area contributed by atoms with E-state index in [2.05, 4.69) is 17.0 Å². The summed E-state index contributed by atoms with van der Waals surface area (Å²) in [5, 5.41) is 0.889. The molecule has 0 saturated heterocycles. The van der Waals surface area contributed by atoms with Crippen LogP contribution in [0.5, 0.6) is 17.2 Å². The maximum atomic E-state index is 6.63. The molecule has 0 aliphatic carbocycles. The van der Waals surface area contributed by atoms with Gasteiger partial charge in [-0.3, -0.25) is 0 Å². The third-order valence-corrected chi connectivity index (χ3v) is 6.89. The Morgan fingerprint density at radius 3 is 2.83 bits per heavy atom. The highest BCUT2D eigenvalue weighted by atomic mass is 35.5. The number of halogens is 1. The lowest BCUT2D eigenvalue weighted by Gasteiger charge is -2.23. The first-order chi connectivity index (χ1) is 14.2. The van der Waals surface area contributed by atoms with E-state index in [1.165, 1.54) is 5.69 Å². The van der Waals surface area contributed by atoms with Gasteiger partial charge in [0.1, 0.15) is 11.5 Å². The van der Waals surface area contributed by atoms with Gasteiger partial charge in [-0.2, -0.15) is 0 Å². The van der Waals surface area contributed by atoms with Gasteiger partial charge in [0.15, 0.2) is 11.5 Å². The van der Waals surface area contributed by atoms with Crippen LogP contribution in [0.3, 0.4) is 0 Å². The first kappa shape index (κ1) is 18.6. The number of ether oxygens (including phenoxy) is 3. The molecule has 29 heavy (non-hydrogen) atoms. The van der Waals surface area contributed by atoms with Gasteiger partial charge in [-0.25, -0.2) is 0 Å². The summed E-state index contributed by atoms with van der Waals surface area (Å²) < 4.78 is 22.1. The van der Waals surface area contributed by atoms with Gasteiger partial charge in [0, 0.05) is 27.8 Å². The predicted molar refractivity (Wildman–Crippen MR) is 114 cm³/mol. The van der Waals surface area contributed by atoms with E-state index in [0.29, 0.717) is 17.3 Å². The molecule has 3 heterocycles. The zero-order chi connectivity index (χ0) is 19.8. The molecule has 0 radical (unpaired) electrons. The molecule has 150 valence electrons. The van der Waals surface area contributed by atoms with E-state index in [0.717, 1.165) is 40.7 Å². The summed E-state index contributed by atoms with van der Waals surface area (Å²) in [4.78, 5) is 3.51. The van der Waals surface area contributed by atoms with Gasteiger partial charge in [0.25, 0.3) is 0 Å². The second-order valence-electron chi connectivity index (χ2n) is 6.96. The molecule has 2 aromatic carbocycles. The topological polar surface area (TPSA) is 44.1 Å². The van der Waals surface area contributed by atoms with Crippen LogP contribution < -0.4 is 19.1 Å². The van der Waals surface area contributed by atoms with Crippen molar-refractivity contribution in [3.63, 3.8) is 0 Å². The molecule has 0 N–H and O–H groups in total. The van der Waals surface area contributed by atoms with Crippen LogP contribution in [0.15, 0.2) is 58.0 Å². The van der Waals surface area contributed by atoms with Gasteiger partial charge in [-0.05, 0) is 48.4 Å². The zero-order valence-corrected chi connectivity index (χ0v) is 17.5. The number of furan rings is 1. The molecule has 0 fully saturated rings. The fraction of sp³-hybridized carbons (Fsp3) is 0.273. The molecule has 7 heteroatoms. The number of rotatable bonds is 4. The molecule has 5 nitrogen and oxygen atoms in total. The Kier molecular flexibility index (Phi) is 4.97. The average Bonchev–Trinajstić information content (AvgIpc) is 3.37. The molecule has 5 rings (SSSR count). The van der Waals surface area contributed by atoms with E-state index in [4.69, 9.17) is 30.2 Å². The van der Waals surface area contributed by atoms with Crippen molar-refractivity contribution in [2.24, 2.45) is 0 Å². The number of hydrogen-bond acceptors (Lipinski definition) is 6. The van der Waals surface area contributed by atoms with Gasteiger partial charge >= 0.3 is 0 Å². The zero-order valence-electron chi connectivity index (χ0n) is 15.9. The minimum Gasteiger partial charge on any atom is -0.497 e. The number of thioether (sulfide) groups is 1. The Labute approximate surface area is 178 Å². The summed E-state index contributed by atoms with van der Waals surface area (Å²) in [6, 6.07) is 14.0. The Bertz CT molecular complexity index is 1020. The van der Waals surface area contributed by atoms with Crippen LogP contribution in [0.4, 0.5) is 5.69 Å². The van der Waals surface area contributed by atoms with Crippen LogP contribution in [0.25, 0.3) is 0 Å². The van der Waals surface area contributed by atoms with Gasteiger partial charge < -0.3 is 23.5 Å². The SMILES string of the molecule is COc1ccc2c(c1)SC(c1cc3c(cc1Cl)OCO3)CCN2Cc1ccco1. The molecular weight excluding hydrogens is 410 g/mol. The standard InChI is InChI=1S/C22H20ClNO4S/c1-25-14-4-5-18-22(9-14)29-21(6-7-24(18)12-15-3-2-8-26-15)16-10-19-20(11-17(16)23)28-13-27-19/h2-5,8-11,21H,6-7,12-13H2,1H3. The van der Waals surface area contributed by atoms with Crippen LogP contribution in [0.2, 0.25) is 5.02 Å². The summed E-state index contributed by atoms with van der Waals surface area (Å²) in [7, 11) is 1.69. The molecule has 1 unspecified atom stereocenters. The van der Waals surface area contributed by atoms with E-state index in [1.54, 1.807) is 25.1 Å². The summed E-state index contributed by atoms with van der Waals surface area (Å²) in [6.45, 7) is 1.83. The molecular formula is C22H20ClNO4S. The smallest absolute Gasteiger partial charge is 0.231 e. The van der Waals surface area contributed by atoms with Gasteiger partial charge in [0.2, 0.25) is 6.79 Å². The van der Waals surface area contributed by atoms with E-state index >= 15 is 0 Å².